The van der Waals surface area contributed by atoms with E-state index in [9.17, 15) is 9.18 Å². The van der Waals surface area contributed by atoms with Crippen LogP contribution in [0.15, 0.2) is 18.2 Å². The molecule has 2 rings (SSSR count). The Morgan fingerprint density at radius 1 is 1.35 bits per heavy atom. The average molecular weight is 236 g/mol. The molecule has 1 aromatic carbocycles. The van der Waals surface area contributed by atoms with E-state index in [4.69, 9.17) is 5.73 Å². The molecule has 0 spiro atoms. The molecule has 0 unspecified atom stereocenters. The fourth-order valence-electron chi connectivity index (χ4n) is 2.27. The van der Waals surface area contributed by atoms with Crippen LogP contribution in [-0.2, 0) is 0 Å². The van der Waals surface area contributed by atoms with E-state index in [0.29, 0.717) is 0 Å². The van der Waals surface area contributed by atoms with Gasteiger partial charge in [0.25, 0.3) is 0 Å². The summed E-state index contributed by atoms with van der Waals surface area (Å²) in [5.41, 5.74) is 6.29. The second-order valence-electron chi connectivity index (χ2n) is 4.29. The number of anilines is 1. The Bertz CT molecular complexity index is 414. The molecule has 0 radical (unpaired) electrons. The molecule has 0 bridgehead atoms. The maximum atomic E-state index is 13.8. The molecule has 0 saturated carbocycles. The van der Waals surface area contributed by atoms with Crippen LogP contribution in [0.25, 0.3) is 0 Å². The Hall–Kier alpha value is -1.42. The first-order chi connectivity index (χ1) is 8.24. The molecule has 1 heterocycles. The molecule has 0 amide bonds. The van der Waals surface area contributed by atoms with Crippen molar-refractivity contribution in [3.63, 3.8) is 0 Å². The largest absolute Gasteiger partial charge is 0.371 e. The molecule has 1 fully saturated rings. The van der Waals surface area contributed by atoms with Crippen LogP contribution in [0.5, 0.6) is 0 Å². The Morgan fingerprint density at radius 2 is 2.06 bits per heavy atom. The highest BCUT2D eigenvalue weighted by Gasteiger charge is 2.21. The van der Waals surface area contributed by atoms with Crippen molar-refractivity contribution in [2.24, 2.45) is 5.73 Å². The van der Waals surface area contributed by atoms with E-state index in [1.165, 1.54) is 6.07 Å². The second-order valence-corrected chi connectivity index (χ2v) is 4.29. The SMILES string of the molecule is NCCC(=O)c1c(F)cccc1N1CCCC1. The molecule has 1 saturated heterocycles. The van der Waals surface area contributed by atoms with Crippen molar-refractivity contribution in [2.75, 3.05) is 24.5 Å². The monoisotopic (exact) mass is 236 g/mol. The topological polar surface area (TPSA) is 46.3 Å². The van der Waals surface area contributed by atoms with Crippen molar-refractivity contribution in [1.29, 1.82) is 0 Å². The number of halogens is 1. The van der Waals surface area contributed by atoms with Crippen LogP contribution in [0.3, 0.4) is 0 Å². The molecular formula is C13H17FN2O. The van der Waals surface area contributed by atoms with Crippen LogP contribution in [0, 0.1) is 5.82 Å². The van der Waals surface area contributed by atoms with Crippen molar-refractivity contribution in [1.82, 2.24) is 0 Å². The van der Waals surface area contributed by atoms with Gasteiger partial charge < -0.3 is 10.6 Å². The molecule has 2 N–H and O–H groups in total. The molecule has 3 nitrogen and oxygen atoms in total. The number of Topliss-reactive ketones (excluding diaryl/α,β-unsaturated/α-hetero) is 1. The van der Waals surface area contributed by atoms with Crippen LogP contribution < -0.4 is 10.6 Å². The smallest absolute Gasteiger partial charge is 0.169 e. The summed E-state index contributed by atoms with van der Waals surface area (Å²) in [5, 5.41) is 0. The number of ketones is 1. The van der Waals surface area contributed by atoms with Crippen molar-refractivity contribution in [3.05, 3.63) is 29.6 Å². The van der Waals surface area contributed by atoms with E-state index in [0.717, 1.165) is 31.6 Å². The Morgan fingerprint density at radius 3 is 2.71 bits per heavy atom. The number of carbonyl (C=O) groups is 1. The first kappa shape index (κ1) is 12.0. The van der Waals surface area contributed by atoms with E-state index in [1.54, 1.807) is 6.07 Å². The van der Waals surface area contributed by atoms with Gasteiger partial charge in [-0.05, 0) is 31.5 Å². The summed E-state index contributed by atoms with van der Waals surface area (Å²) in [6, 6.07) is 4.81. The standard InChI is InChI=1S/C13H17FN2O/c14-10-4-3-5-11(16-8-1-2-9-16)13(10)12(17)6-7-15/h3-5H,1-2,6-9,15H2. The summed E-state index contributed by atoms with van der Waals surface area (Å²) in [6.07, 6.45) is 2.39. The zero-order valence-electron chi connectivity index (χ0n) is 9.79. The zero-order chi connectivity index (χ0) is 12.3. The van der Waals surface area contributed by atoms with E-state index >= 15 is 0 Å². The number of hydrogen-bond acceptors (Lipinski definition) is 3. The van der Waals surface area contributed by atoms with Gasteiger partial charge in [0.05, 0.1) is 11.3 Å². The first-order valence-electron chi connectivity index (χ1n) is 6.00. The predicted octanol–water partition coefficient (Wildman–Crippen LogP) is 1.96. The third kappa shape index (κ3) is 2.47. The van der Waals surface area contributed by atoms with Gasteiger partial charge in [-0.2, -0.15) is 0 Å². The lowest BCUT2D eigenvalue weighted by molar-refractivity contribution is 0.0982. The Kier molecular flexibility index (Phi) is 3.74. The van der Waals surface area contributed by atoms with E-state index in [1.807, 2.05) is 6.07 Å². The maximum absolute atomic E-state index is 13.8. The molecule has 92 valence electrons. The van der Waals surface area contributed by atoms with Crippen LogP contribution in [0.4, 0.5) is 10.1 Å². The normalized spacial score (nSPS) is 15.3. The number of hydrogen-bond donors (Lipinski definition) is 1. The lowest BCUT2D eigenvalue weighted by Crippen LogP contribution is -2.22. The number of benzene rings is 1. The highest BCUT2D eigenvalue weighted by atomic mass is 19.1. The molecule has 0 aromatic heterocycles. The molecule has 0 aliphatic carbocycles. The van der Waals surface area contributed by atoms with E-state index < -0.39 is 5.82 Å². The molecule has 1 aliphatic heterocycles. The molecule has 1 aliphatic rings. The lowest BCUT2D eigenvalue weighted by atomic mass is 10.0. The van der Waals surface area contributed by atoms with Gasteiger partial charge in [0.2, 0.25) is 0 Å². The minimum atomic E-state index is -0.437. The number of rotatable bonds is 4. The predicted molar refractivity (Wildman–Crippen MR) is 65.8 cm³/mol. The van der Waals surface area contributed by atoms with E-state index in [-0.39, 0.29) is 24.3 Å². The summed E-state index contributed by atoms with van der Waals surface area (Å²) >= 11 is 0. The quantitative estimate of drug-likeness (QED) is 0.813. The minimum absolute atomic E-state index is 0.196. The van der Waals surface area contributed by atoms with Crippen LogP contribution >= 0.6 is 0 Å². The van der Waals surface area contributed by atoms with Gasteiger partial charge >= 0.3 is 0 Å². The maximum Gasteiger partial charge on any atom is 0.169 e. The van der Waals surface area contributed by atoms with E-state index in [2.05, 4.69) is 4.90 Å². The second kappa shape index (κ2) is 5.27. The summed E-state index contributed by atoms with van der Waals surface area (Å²) < 4.78 is 13.8. The third-order valence-electron chi connectivity index (χ3n) is 3.09. The summed E-state index contributed by atoms with van der Waals surface area (Å²) in [4.78, 5) is 14.0. The summed E-state index contributed by atoms with van der Waals surface area (Å²) in [5.74, 6) is -0.639. The lowest BCUT2D eigenvalue weighted by Gasteiger charge is -2.21. The Labute approximate surface area is 100 Å². The Balaban J connectivity index is 2.36. The summed E-state index contributed by atoms with van der Waals surface area (Å²) in [6.45, 7) is 2.05. The van der Waals surface area contributed by atoms with Crippen LogP contribution in [0.2, 0.25) is 0 Å². The van der Waals surface area contributed by atoms with Gasteiger partial charge in [0.15, 0.2) is 5.78 Å². The number of carbonyl (C=O) groups excluding carboxylic acids is 1. The first-order valence-corrected chi connectivity index (χ1v) is 6.00. The fourth-order valence-corrected chi connectivity index (χ4v) is 2.27. The van der Waals surface area contributed by atoms with Gasteiger partial charge in [-0.25, -0.2) is 4.39 Å². The van der Waals surface area contributed by atoms with Crippen molar-refractivity contribution in [2.45, 2.75) is 19.3 Å². The molecule has 0 atom stereocenters. The number of nitrogens with zero attached hydrogens (tertiary/aromatic N) is 1. The molecular weight excluding hydrogens is 219 g/mol. The molecule has 1 aromatic rings. The van der Waals surface area contributed by atoms with Gasteiger partial charge in [0.1, 0.15) is 5.82 Å². The minimum Gasteiger partial charge on any atom is -0.371 e. The van der Waals surface area contributed by atoms with Crippen LogP contribution in [0.1, 0.15) is 29.6 Å². The van der Waals surface area contributed by atoms with Crippen molar-refractivity contribution >= 4 is 11.5 Å². The fraction of sp³-hybridized carbons (Fsp3) is 0.462. The van der Waals surface area contributed by atoms with Crippen molar-refractivity contribution in [3.8, 4) is 0 Å². The highest BCUT2D eigenvalue weighted by molar-refractivity contribution is 6.01. The number of nitrogens with two attached hydrogens (primary N) is 1. The van der Waals surface area contributed by atoms with Gasteiger partial charge in [0, 0.05) is 19.5 Å². The highest BCUT2D eigenvalue weighted by Crippen LogP contribution is 2.27. The van der Waals surface area contributed by atoms with Crippen LogP contribution in [-0.4, -0.2) is 25.4 Å². The average Bonchev–Trinajstić information content (AvgIpc) is 2.82. The third-order valence-corrected chi connectivity index (χ3v) is 3.09. The van der Waals surface area contributed by atoms with Gasteiger partial charge in [-0.15, -0.1) is 0 Å². The summed E-state index contributed by atoms with van der Waals surface area (Å²) in [7, 11) is 0. The van der Waals surface area contributed by atoms with Crippen molar-refractivity contribution < 1.29 is 9.18 Å². The molecule has 17 heavy (non-hydrogen) atoms. The molecule has 4 heteroatoms. The van der Waals surface area contributed by atoms with Gasteiger partial charge in [-0.1, -0.05) is 6.07 Å². The zero-order valence-corrected chi connectivity index (χ0v) is 9.79. The van der Waals surface area contributed by atoms with Gasteiger partial charge in [-0.3, -0.25) is 4.79 Å².